The number of alkyl halides is 5. The maximum absolute atomic E-state index is 13.0. The van der Waals surface area contributed by atoms with Crippen molar-refractivity contribution in [2.45, 2.75) is 36.3 Å². The van der Waals surface area contributed by atoms with Gasteiger partial charge in [0.2, 0.25) is 0 Å². The van der Waals surface area contributed by atoms with Gasteiger partial charge in [-0.05, 0) is 12.5 Å². The van der Waals surface area contributed by atoms with Gasteiger partial charge in [0, 0.05) is 6.42 Å². The van der Waals surface area contributed by atoms with E-state index in [0.717, 1.165) is 0 Å². The SMILES string of the molecule is C=CC(O)OC(OCCCC(F)(F)S(=O)(=O)O)(C(N)=O)C(F)(F)F. The van der Waals surface area contributed by atoms with Crippen molar-refractivity contribution in [3.63, 3.8) is 0 Å². The predicted octanol–water partition coefficient (Wildman–Crippen LogP) is 0.529. The third-order valence-corrected chi connectivity index (χ3v) is 3.44. The number of aliphatic hydroxyl groups is 1. The van der Waals surface area contributed by atoms with E-state index >= 15 is 0 Å². The second-order valence-corrected chi connectivity index (χ2v) is 5.83. The Balaban J connectivity index is 5.17. The summed E-state index contributed by atoms with van der Waals surface area (Å²) >= 11 is 0. The van der Waals surface area contributed by atoms with Crippen LogP contribution >= 0.6 is 0 Å². The molecule has 0 rings (SSSR count). The van der Waals surface area contributed by atoms with E-state index in [0.29, 0.717) is 6.08 Å². The first-order valence-corrected chi connectivity index (χ1v) is 7.38. The van der Waals surface area contributed by atoms with Gasteiger partial charge in [-0.1, -0.05) is 6.58 Å². The molecular formula is C10H14F5NO7S. The lowest BCUT2D eigenvalue weighted by Gasteiger charge is -2.33. The molecule has 0 aromatic rings. The largest absolute Gasteiger partial charge is 0.453 e. The second kappa shape index (κ2) is 7.69. The molecule has 0 spiro atoms. The normalized spacial score (nSPS) is 17.1. The Morgan fingerprint density at radius 3 is 2.12 bits per heavy atom. The van der Waals surface area contributed by atoms with Gasteiger partial charge >= 0.3 is 27.3 Å². The molecule has 0 saturated heterocycles. The molecular weight excluding hydrogens is 373 g/mol. The molecule has 0 aromatic carbocycles. The fraction of sp³-hybridized carbons (Fsp3) is 0.700. The third-order valence-electron chi connectivity index (χ3n) is 2.48. The highest BCUT2D eigenvalue weighted by atomic mass is 32.2. The van der Waals surface area contributed by atoms with Crippen LogP contribution in [0.15, 0.2) is 12.7 Å². The summed E-state index contributed by atoms with van der Waals surface area (Å²) in [5, 5.41) is 4.40. The number of hydrogen-bond donors (Lipinski definition) is 3. The smallest absolute Gasteiger partial charge is 0.365 e. The summed E-state index contributed by atoms with van der Waals surface area (Å²) < 4.78 is 102. The van der Waals surface area contributed by atoms with Gasteiger partial charge in [0.25, 0.3) is 5.91 Å². The van der Waals surface area contributed by atoms with Crippen molar-refractivity contribution in [1.29, 1.82) is 0 Å². The molecule has 142 valence electrons. The highest BCUT2D eigenvalue weighted by molar-refractivity contribution is 7.86. The van der Waals surface area contributed by atoms with Crippen molar-refractivity contribution in [2.24, 2.45) is 5.73 Å². The van der Waals surface area contributed by atoms with Gasteiger partial charge in [-0.15, -0.1) is 0 Å². The van der Waals surface area contributed by atoms with E-state index in [1.165, 1.54) is 0 Å². The van der Waals surface area contributed by atoms with Crippen LogP contribution in [0.3, 0.4) is 0 Å². The van der Waals surface area contributed by atoms with Crippen LogP contribution in [0.25, 0.3) is 0 Å². The fourth-order valence-corrected chi connectivity index (χ4v) is 1.69. The minimum Gasteiger partial charge on any atom is -0.365 e. The Bertz CT molecular complexity index is 564. The van der Waals surface area contributed by atoms with Crippen molar-refractivity contribution in [2.75, 3.05) is 6.61 Å². The molecule has 4 N–H and O–H groups in total. The van der Waals surface area contributed by atoms with E-state index in [2.05, 4.69) is 21.8 Å². The molecule has 24 heavy (non-hydrogen) atoms. The zero-order valence-corrected chi connectivity index (χ0v) is 12.6. The van der Waals surface area contributed by atoms with Gasteiger partial charge in [-0.3, -0.25) is 9.35 Å². The maximum Gasteiger partial charge on any atom is 0.453 e. The van der Waals surface area contributed by atoms with Crippen molar-refractivity contribution in [1.82, 2.24) is 0 Å². The van der Waals surface area contributed by atoms with Crippen LogP contribution in [0.4, 0.5) is 22.0 Å². The summed E-state index contributed by atoms with van der Waals surface area (Å²) in [6.45, 7) is 1.63. The molecule has 0 aliphatic rings. The number of rotatable bonds is 10. The molecule has 0 aliphatic carbocycles. The summed E-state index contributed by atoms with van der Waals surface area (Å²) in [4.78, 5) is 11.1. The quantitative estimate of drug-likeness (QED) is 0.164. The second-order valence-electron chi connectivity index (χ2n) is 4.29. The number of hydrogen-bond acceptors (Lipinski definition) is 6. The highest BCUT2D eigenvalue weighted by Gasteiger charge is 2.64. The number of ether oxygens (including phenoxy) is 2. The van der Waals surface area contributed by atoms with Crippen molar-refractivity contribution < 1.29 is 54.3 Å². The Morgan fingerprint density at radius 1 is 1.29 bits per heavy atom. The van der Waals surface area contributed by atoms with E-state index in [9.17, 15) is 35.2 Å². The van der Waals surface area contributed by atoms with Gasteiger partial charge in [-0.25, -0.2) is 0 Å². The number of nitrogens with two attached hydrogens (primary N) is 1. The van der Waals surface area contributed by atoms with Crippen LogP contribution in [-0.2, 0) is 24.4 Å². The first kappa shape index (κ1) is 22.6. The zero-order chi connectivity index (χ0) is 19.4. The summed E-state index contributed by atoms with van der Waals surface area (Å²) in [5.41, 5.74) is 4.56. The van der Waals surface area contributed by atoms with Gasteiger partial charge in [0.15, 0.2) is 6.29 Å². The average Bonchev–Trinajstić information content (AvgIpc) is 2.38. The number of amides is 1. The highest BCUT2D eigenvalue weighted by Crippen LogP contribution is 2.36. The Labute approximate surface area is 132 Å². The molecule has 0 heterocycles. The molecule has 0 saturated carbocycles. The Hall–Kier alpha value is -1.35. The summed E-state index contributed by atoms with van der Waals surface area (Å²) in [6.07, 6.45) is -10.1. The maximum atomic E-state index is 13.0. The van der Waals surface area contributed by atoms with Crippen LogP contribution < -0.4 is 5.73 Å². The predicted molar refractivity (Wildman–Crippen MR) is 67.0 cm³/mol. The number of primary amides is 1. The lowest BCUT2D eigenvalue weighted by molar-refractivity contribution is -0.382. The molecule has 14 heteroatoms. The monoisotopic (exact) mass is 387 g/mol. The Kier molecular flexibility index (Phi) is 7.26. The van der Waals surface area contributed by atoms with Crippen LogP contribution in [-0.4, -0.2) is 54.1 Å². The van der Waals surface area contributed by atoms with Gasteiger partial charge in [-0.2, -0.15) is 30.4 Å². The molecule has 0 aromatic heterocycles. The van der Waals surface area contributed by atoms with Crippen molar-refractivity contribution in [3.8, 4) is 0 Å². The van der Waals surface area contributed by atoms with Gasteiger partial charge in [0.1, 0.15) is 0 Å². The third kappa shape index (κ3) is 5.34. The minimum atomic E-state index is -5.77. The van der Waals surface area contributed by atoms with Crippen LogP contribution in [0.1, 0.15) is 12.8 Å². The number of carbonyl (C=O) groups is 1. The fourth-order valence-electron chi connectivity index (χ4n) is 1.29. The van der Waals surface area contributed by atoms with Gasteiger partial charge in [0.05, 0.1) is 6.61 Å². The molecule has 0 bridgehead atoms. The van der Waals surface area contributed by atoms with Crippen molar-refractivity contribution >= 4 is 16.0 Å². The van der Waals surface area contributed by atoms with E-state index in [1.807, 2.05) is 0 Å². The van der Waals surface area contributed by atoms with E-state index in [-0.39, 0.29) is 0 Å². The molecule has 0 aliphatic heterocycles. The lowest BCUT2D eigenvalue weighted by Crippen LogP contribution is -2.60. The van der Waals surface area contributed by atoms with Crippen LogP contribution in [0.2, 0.25) is 0 Å². The van der Waals surface area contributed by atoms with E-state index < -0.39 is 59.0 Å². The van der Waals surface area contributed by atoms with Crippen LogP contribution in [0.5, 0.6) is 0 Å². The molecule has 2 unspecified atom stereocenters. The number of aliphatic hydroxyl groups excluding tert-OH is 1. The minimum absolute atomic E-state index is 0.458. The average molecular weight is 387 g/mol. The Morgan fingerprint density at radius 2 is 1.79 bits per heavy atom. The first-order chi connectivity index (χ1) is 10.6. The van der Waals surface area contributed by atoms with Gasteiger partial charge < -0.3 is 20.3 Å². The summed E-state index contributed by atoms with van der Waals surface area (Å²) in [6, 6.07) is 0. The summed E-state index contributed by atoms with van der Waals surface area (Å²) in [7, 11) is -5.77. The zero-order valence-electron chi connectivity index (χ0n) is 11.8. The van der Waals surface area contributed by atoms with Crippen LogP contribution in [0, 0.1) is 0 Å². The standard InChI is InChI=1S/C10H14F5NO7S/c1-2-6(17)23-9(7(16)18,10(13,14)15)22-5-3-4-8(11,12)24(19,20)21/h2,6,17H,1,3-5H2,(H2,16,18)(H,19,20,21). The molecule has 0 radical (unpaired) electrons. The van der Waals surface area contributed by atoms with E-state index in [4.69, 9.17) is 9.66 Å². The lowest BCUT2D eigenvalue weighted by atomic mass is 10.2. The summed E-state index contributed by atoms with van der Waals surface area (Å²) in [5.74, 6) is -6.41. The first-order valence-electron chi connectivity index (χ1n) is 5.94. The number of halogens is 5. The van der Waals surface area contributed by atoms with E-state index in [1.54, 1.807) is 0 Å². The molecule has 2 atom stereocenters. The van der Waals surface area contributed by atoms with Crippen molar-refractivity contribution in [3.05, 3.63) is 12.7 Å². The number of carbonyl (C=O) groups excluding carboxylic acids is 1. The topological polar surface area (TPSA) is 136 Å². The molecule has 0 fully saturated rings. The molecule has 1 amide bonds. The molecule has 8 nitrogen and oxygen atoms in total.